The van der Waals surface area contributed by atoms with Crippen molar-refractivity contribution in [3.63, 3.8) is 0 Å². The number of pyridine rings is 1. The molecule has 3 aromatic heterocycles. The maximum absolute atomic E-state index is 4.34. The molecule has 1 atom stereocenters. The fourth-order valence-electron chi connectivity index (χ4n) is 1.69. The van der Waals surface area contributed by atoms with Crippen LogP contribution in [0, 0.1) is 0 Å². The zero-order valence-electron chi connectivity index (χ0n) is 10.3. The molecule has 0 fully saturated rings. The Balaban J connectivity index is 1.73. The van der Waals surface area contributed by atoms with Gasteiger partial charge in [-0.2, -0.15) is 5.10 Å². The number of hydrogen-bond acceptors (Lipinski definition) is 6. The molecule has 3 heterocycles. The van der Waals surface area contributed by atoms with Gasteiger partial charge >= 0.3 is 0 Å². The Morgan fingerprint density at radius 3 is 2.89 bits per heavy atom. The van der Waals surface area contributed by atoms with Crippen LogP contribution in [0.4, 0.5) is 5.69 Å². The number of rotatable bonds is 4. The minimum Gasteiger partial charge on any atom is -0.375 e. The predicted molar refractivity (Wildman–Crippen MR) is 73.3 cm³/mol. The Bertz CT molecular complexity index is 617. The molecule has 6 nitrogen and oxygen atoms in total. The molecule has 0 saturated heterocycles. The number of thiazole rings is 1. The molecule has 0 bridgehead atoms. The Labute approximate surface area is 114 Å². The van der Waals surface area contributed by atoms with Crippen LogP contribution in [0.15, 0.2) is 42.6 Å². The SMILES string of the molecule is CC(Nc1ccc(-n2cncn2)nc1)c1nccs1. The lowest BCUT2D eigenvalue weighted by Gasteiger charge is -2.12. The van der Waals surface area contributed by atoms with Crippen LogP contribution in [0.5, 0.6) is 0 Å². The quantitative estimate of drug-likeness (QED) is 0.789. The van der Waals surface area contributed by atoms with Crippen LogP contribution in [0.3, 0.4) is 0 Å². The van der Waals surface area contributed by atoms with Gasteiger partial charge in [0.2, 0.25) is 0 Å². The summed E-state index contributed by atoms with van der Waals surface area (Å²) in [6, 6.07) is 4.03. The number of anilines is 1. The van der Waals surface area contributed by atoms with Gasteiger partial charge in [0.15, 0.2) is 5.82 Å². The highest BCUT2D eigenvalue weighted by Gasteiger charge is 2.08. The van der Waals surface area contributed by atoms with Gasteiger partial charge in [0.1, 0.15) is 17.7 Å². The minimum atomic E-state index is 0.166. The van der Waals surface area contributed by atoms with E-state index in [2.05, 4.69) is 32.3 Å². The van der Waals surface area contributed by atoms with E-state index in [4.69, 9.17) is 0 Å². The molecule has 7 heteroatoms. The fraction of sp³-hybridized carbons (Fsp3) is 0.167. The number of hydrogen-bond donors (Lipinski definition) is 1. The topological polar surface area (TPSA) is 68.5 Å². The van der Waals surface area contributed by atoms with Crippen LogP contribution in [-0.2, 0) is 0 Å². The van der Waals surface area contributed by atoms with Gasteiger partial charge in [0.25, 0.3) is 0 Å². The van der Waals surface area contributed by atoms with Crippen molar-refractivity contribution in [2.24, 2.45) is 0 Å². The third-order valence-electron chi connectivity index (χ3n) is 2.61. The molecule has 1 unspecified atom stereocenters. The average molecular weight is 272 g/mol. The van der Waals surface area contributed by atoms with E-state index >= 15 is 0 Å². The third-order valence-corrected chi connectivity index (χ3v) is 3.56. The van der Waals surface area contributed by atoms with E-state index in [-0.39, 0.29) is 6.04 Å². The highest BCUT2D eigenvalue weighted by atomic mass is 32.1. The van der Waals surface area contributed by atoms with Crippen molar-refractivity contribution >= 4 is 17.0 Å². The molecule has 19 heavy (non-hydrogen) atoms. The van der Waals surface area contributed by atoms with E-state index in [0.29, 0.717) is 0 Å². The molecule has 0 spiro atoms. The first-order chi connectivity index (χ1) is 9.33. The van der Waals surface area contributed by atoms with E-state index in [1.807, 2.05) is 23.7 Å². The van der Waals surface area contributed by atoms with Crippen LogP contribution < -0.4 is 5.32 Å². The lowest BCUT2D eigenvalue weighted by molar-refractivity contribution is 0.839. The van der Waals surface area contributed by atoms with Crippen LogP contribution in [-0.4, -0.2) is 24.7 Å². The van der Waals surface area contributed by atoms with E-state index in [0.717, 1.165) is 16.5 Å². The zero-order valence-corrected chi connectivity index (χ0v) is 11.1. The van der Waals surface area contributed by atoms with E-state index < -0.39 is 0 Å². The second-order valence-electron chi connectivity index (χ2n) is 3.98. The lowest BCUT2D eigenvalue weighted by Crippen LogP contribution is -2.07. The first-order valence-electron chi connectivity index (χ1n) is 5.80. The zero-order chi connectivity index (χ0) is 13.1. The maximum Gasteiger partial charge on any atom is 0.155 e. The van der Waals surface area contributed by atoms with Gasteiger partial charge in [-0.05, 0) is 19.1 Å². The molecule has 0 aliphatic heterocycles. The largest absolute Gasteiger partial charge is 0.375 e. The summed E-state index contributed by atoms with van der Waals surface area (Å²) in [6.45, 7) is 2.07. The molecule has 3 rings (SSSR count). The average Bonchev–Trinajstić information content (AvgIpc) is 3.13. The maximum atomic E-state index is 4.34. The van der Waals surface area contributed by atoms with Crippen LogP contribution >= 0.6 is 11.3 Å². The summed E-state index contributed by atoms with van der Waals surface area (Å²) >= 11 is 1.64. The summed E-state index contributed by atoms with van der Waals surface area (Å²) in [5.41, 5.74) is 0.951. The van der Waals surface area contributed by atoms with Crippen LogP contribution in [0.2, 0.25) is 0 Å². The summed E-state index contributed by atoms with van der Waals surface area (Å²) in [5, 5.41) is 10.4. The molecular formula is C12H12N6S. The molecular weight excluding hydrogens is 260 g/mol. The molecule has 3 aromatic rings. The molecule has 0 aliphatic carbocycles. The number of nitrogens with zero attached hydrogens (tertiary/aromatic N) is 5. The van der Waals surface area contributed by atoms with Gasteiger partial charge in [0.05, 0.1) is 17.9 Å². The van der Waals surface area contributed by atoms with E-state index in [9.17, 15) is 0 Å². The van der Waals surface area contributed by atoms with Gasteiger partial charge in [-0.15, -0.1) is 11.3 Å². The predicted octanol–water partition coefficient (Wildman–Crippen LogP) is 2.29. The minimum absolute atomic E-state index is 0.166. The highest BCUT2D eigenvalue weighted by molar-refractivity contribution is 7.09. The Kier molecular flexibility index (Phi) is 3.20. The molecule has 1 N–H and O–H groups in total. The van der Waals surface area contributed by atoms with Gasteiger partial charge in [0, 0.05) is 11.6 Å². The molecule has 96 valence electrons. The highest BCUT2D eigenvalue weighted by Crippen LogP contribution is 2.20. The fourth-order valence-corrected chi connectivity index (χ4v) is 2.34. The molecule has 0 amide bonds. The van der Waals surface area contributed by atoms with E-state index in [1.165, 1.54) is 6.33 Å². The summed E-state index contributed by atoms with van der Waals surface area (Å²) in [4.78, 5) is 12.5. The number of nitrogens with one attached hydrogen (secondary N) is 1. The van der Waals surface area contributed by atoms with Crippen LogP contribution in [0.25, 0.3) is 5.82 Å². The van der Waals surface area contributed by atoms with Gasteiger partial charge < -0.3 is 5.32 Å². The third kappa shape index (κ3) is 2.60. The second kappa shape index (κ2) is 5.15. The Hall–Kier alpha value is -2.28. The van der Waals surface area contributed by atoms with Gasteiger partial charge in [-0.3, -0.25) is 0 Å². The van der Waals surface area contributed by atoms with Gasteiger partial charge in [-0.1, -0.05) is 0 Å². The summed E-state index contributed by atoms with van der Waals surface area (Å²) in [6.07, 6.45) is 6.69. The summed E-state index contributed by atoms with van der Waals surface area (Å²) < 4.78 is 1.62. The Morgan fingerprint density at radius 1 is 1.32 bits per heavy atom. The van der Waals surface area contributed by atoms with E-state index in [1.54, 1.807) is 28.5 Å². The first-order valence-corrected chi connectivity index (χ1v) is 6.68. The smallest absolute Gasteiger partial charge is 0.155 e. The molecule has 0 radical (unpaired) electrons. The monoisotopic (exact) mass is 272 g/mol. The number of aromatic nitrogens is 5. The first kappa shape index (κ1) is 11.8. The van der Waals surface area contributed by atoms with Crippen molar-refractivity contribution in [3.8, 4) is 5.82 Å². The Morgan fingerprint density at radius 2 is 2.26 bits per heavy atom. The van der Waals surface area contributed by atoms with Crippen molar-refractivity contribution < 1.29 is 0 Å². The standard InChI is InChI=1S/C12H12N6S/c1-9(12-14-4-5-19-12)17-10-2-3-11(15-6-10)18-8-13-7-16-18/h2-9,17H,1H3. The van der Waals surface area contributed by atoms with Crippen LogP contribution in [0.1, 0.15) is 18.0 Å². The summed E-state index contributed by atoms with van der Waals surface area (Å²) in [7, 11) is 0. The molecule has 0 saturated carbocycles. The lowest BCUT2D eigenvalue weighted by atomic mass is 10.3. The summed E-state index contributed by atoms with van der Waals surface area (Å²) in [5.74, 6) is 0.741. The normalized spacial score (nSPS) is 12.3. The van der Waals surface area contributed by atoms with Crippen molar-refractivity contribution in [1.29, 1.82) is 0 Å². The van der Waals surface area contributed by atoms with Crippen molar-refractivity contribution in [1.82, 2.24) is 24.7 Å². The van der Waals surface area contributed by atoms with Crippen molar-refractivity contribution in [2.75, 3.05) is 5.32 Å². The van der Waals surface area contributed by atoms with Crippen molar-refractivity contribution in [3.05, 3.63) is 47.6 Å². The van der Waals surface area contributed by atoms with Crippen molar-refractivity contribution in [2.45, 2.75) is 13.0 Å². The molecule has 0 aromatic carbocycles. The molecule has 0 aliphatic rings. The second-order valence-corrected chi connectivity index (χ2v) is 4.91. The van der Waals surface area contributed by atoms with Gasteiger partial charge in [-0.25, -0.2) is 19.6 Å².